The zero-order valence-corrected chi connectivity index (χ0v) is 19.2. The van der Waals surface area contributed by atoms with Crippen LogP contribution in [0.4, 0.5) is 0 Å². The molecule has 4 fully saturated rings. The molecule has 0 bridgehead atoms. The van der Waals surface area contributed by atoms with E-state index >= 15 is 0 Å². The lowest BCUT2D eigenvalue weighted by molar-refractivity contribution is -0.319. The van der Waals surface area contributed by atoms with Crippen molar-refractivity contribution in [2.75, 3.05) is 6.61 Å². The van der Waals surface area contributed by atoms with Gasteiger partial charge < -0.3 is 29.9 Å². The maximum Gasteiger partial charge on any atom is 0.186 e. The molecule has 0 spiro atoms. The number of carbonyl (C=O) groups excluding carboxylic acids is 1. The van der Waals surface area contributed by atoms with E-state index in [-0.39, 0.29) is 22.7 Å². The van der Waals surface area contributed by atoms with Crippen molar-refractivity contribution in [3.8, 4) is 0 Å². The van der Waals surface area contributed by atoms with Crippen LogP contribution in [0.3, 0.4) is 0 Å². The molecule has 11 atom stereocenters. The van der Waals surface area contributed by atoms with Crippen LogP contribution in [-0.2, 0) is 14.3 Å². The summed E-state index contributed by atoms with van der Waals surface area (Å²) in [6.07, 6.45) is 3.50. The Morgan fingerprint density at radius 1 is 1.00 bits per heavy atom. The summed E-state index contributed by atoms with van der Waals surface area (Å²) in [4.78, 5) is 12.0. The van der Waals surface area contributed by atoms with Gasteiger partial charge in [0.2, 0.25) is 0 Å². The van der Waals surface area contributed by atoms with E-state index in [2.05, 4.69) is 13.8 Å². The maximum atomic E-state index is 12.0. The largest absolute Gasteiger partial charge is 0.394 e. The van der Waals surface area contributed by atoms with E-state index in [1.54, 1.807) is 0 Å². The first-order valence-electron chi connectivity index (χ1n) is 12.4. The molecule has 0 aromatic carbocycles. The number of ether oxygens (including phenoxy) is 2. The average molecular weight is 451 g/mol. The van der Waals surface area contributed by atoms with Gasteiger partial charge in [-0.15, -0.1) is 0 Å². The number of aliphatic hydroxyl groups excluding tert-OH is 4. The summed E-state index contributed by atoms with van der Waals surface area (Å²) in [5.41, 5.74) is 1.46. The Labute approximate surface area is 189 Å². The van der Waals surface area contributed by atoms with Crippen LogP contribution >= 0.6 is 0 Å². The third-order valence-corrected chi connectivity index (χ3v) is 10.0. The Hall–Kier alpha value is -0.830. The molecule has 1 saturated heterocycles. The first-order valence-corrected chi connectivity index (χ1v) is 12.4. The number of hydrogen-bond donors (Lipinski definition) is 4. The van der Waals surface area contributed by atoms with Crippen molar-refractivity contribution >= 4 is 5.78 Å². The van der Waals surface area contributed by atoms with E-state index in [9.17, 15) is 25.2 Å². The number of rotatable bonds is 3. The molecule has 5 rings (SSSR count). The van der Waals surface area contributed by atoms with Gasteiger partial charge in [-0.2, -0.15) is 0 Å². The number of fused-ring (bicyclic) bond motifs is 5. The fourth-order valence-electron chi connectivity index (χ4n) is 8.08. The number of allylic oxidation sites excluding steroid dienone is 1. The van der Waals surface area contributed by atoms with Crippen LogP contribution < -0.4 is 0 Å². The lowest BCUT2D eigenvalue weighted by Gasteiger charge is -2.58. The van der Waals surface area contributed by atoms with Crippen LogP contribution in [0.25, 0.3) is 0 Å². The second kappa shape index (κ2) is 8.14. The second-order valence-electron chi connectivity index (χ2n) is 11.4. The molecule has 4 aliphatic carbocycles. The van der Waals surface area contributed by atoms with Gasteiger partial charge in [-0.3, -0.25) is 4.79 Å². The zero-order valence-electron chi connectivity index (χ0n) is 19.2. The van der Waals surface area contributed by atoms with Crippen molar-refractivity contribution in [3.05, 3.63) is 11.6 Å². The van der Waals surface area contributed by atoms with Gasteiger partial charge in [-0.25, -0.2) is 0 Å². The summed E-state index contributed by atoms with van der Waals surface area (Å²) >= 11 is 0. The van der Waals surface area contributed by atoms with E-state index in [0.717, 1.165) is 44.9 Å². The highest BCUT2D eigenvalue weighted by atomic mass is 16.7. The molecule has 7 nitrogen and oxygen atoms in total. The van der Waals surface area contributed by atoms with Crippen molar-refractivity contribution in [1.29, 1.82) is 0 Å². The standard InChI is InChI=1S/C25H38O7/c1-24-9-7-14(27)11-13(24)3-4-15-16-5-6-19(25(16,2)10-8-17(15)24)32-23-22(30)21(29)20(28)18(12-26)31-23/h11,15-23,26,28-30H,3-10,12H2,1-2H3/t15-,16-,17-,18+,19?,20+,21-,22+,23-,24-,25-/m0/s1. The van der Waals surface area contributed by atoms with Crippen LogP contribution in [0.2, 0.25) is 0 Å². The van der Waals surface area contributed by atoms with Gasteiger partial charge in [0.15, 0.2) is 12.1 Å². The predicted octanol–water partition coefficient (Wildman–Crippen LogP) is 1.70. The minimum absolute atomic E-state index is 0.0396. The quantitative estimate of drug-likeness (QED) is 0.517. The first-order chi connectivity index (χ1) is 15.2. The Morgan fingerprint density at radius 3 is 2.53 bits per heavy atom. The molecular formula is C25H38O7. The van der Waals surface area contributed by atoms with E-state index in [1.165, 1.54) is 5.57 Å². The van der Waals surface area contributed by atoms with Crippen molar-refractivity contribution in [2.45, 2.75) is 102 Å². The fourth-order valence-corrected chi connectivity index (χ4v) is 8.08. The zero-order chi connectivity index (χ0) is 22.8. The van der Waals surface area contributed by atoms with Crippen molar-refractivity contribution in [1.82, 2.24) is 0 Å². The minimum Gasteiger partial charge on any atom is -0.394 e. The van der Waals surface area contributed by atoms with Gasteiger partial charge in [0.1, 0.15) is 24.4 Å². The average Bonchev–Trinajstić information content (AvgIpc) is 3.10. The third-order valence-electron chi connectivity index (χ3n) is 10.0. The SMILES string of the molecule is C[C@]12CCC(=O)C=C1CC[C@@H]1[C@@H]2CC[C@]2(C)C(O[C@@H]3O[C@H](CO)[C@@H](O)[C@H](O)[C@H]3O)CC[C@@H]12. The number of aliphatic hydroxyl groups is 4. The summed E-state index contributed by atoms with van der Waals surface area (Å²) in [7, 11) is 0. The van der Waals surface area contributed by atoms with Crippen LogP contribution in [-0.4, -0.2) is 69.6 Å². The Kier molecular flexibility index (Phi) is 5.83. The summed E-state index contributed by atoms with van der Waals surface area (Å²) in [6.45, 7) is 4.23. The molecule has 1 heterocycles. The fraction of sp³-hybridized carbons (Fsp3) is 0.880. The highest BCUT2D eigenvalue weighted by Gasteiger charge is 2.60. The normalized spacial score (nSPS) is 53.2. The van der Waals surface area contributed by atoms with E-state index in [1.807, 2.05) is 6.08 Å². The van der Waals surface area contributed by atoms with Crippen molar-refractivity contribution < 1.29 is 34.7 Å². The molecule has 7 heteroatoms. The van der Waals surface area contributed by atoms with E-state index in [0.29, 0.717) is 24.2 Å². The molecule has 0 radical (unpaired) electrons. The molecule has 1 aliphatic heterocycles. The van der Waals surface area contributed by atoms with E-state index in [4.69, 9.17) is 9.47 Å². The molecule has 0 aromatic heterocycles. The monoisotopic (exact) mass is 450 g/mol. The lowest BCUT2D eigenvalue weighted by atomic mass is 9.47. The Morgan fingerprint density at radius 2 is 1.78 bits per heavy atom. The molecule has 180 valence electrons. The molecule has 32 heavy (non-hydrogen) atoms. The van der Waals surface area contributed by atoms with Gasteiger partial charge in [0, 0.05) is 6.42 Å². The maximum absolute atomic E-state index is 12.0. The summed E-state index contributed by atoms with van der Waals surface area (Å²) in [6, 6.07) is 0. The lowest BCUT2D eigenvalue weighted by Crippen LogP contribution is -2.60. The van der Waals surface area contributed by atoms with Crippen molar-refractivity contribution in [3.63, 3.8) is 0 Å². The molecule has 4 N–H and O–H groups in total. The van der Waals surface area contributed by atoms with Gasteiger partial charge in [0.05, 0.1) is 12.7 Å². The van der Waals surface area contributed by atoms with Crippen LogP contribution in [0.1, 0.15) is 65.2 Å². The van der Waals surface area contributed by atoms with E-state index < -0.39 is 37.3 Å². The van der Waals surface area contributed by atoms with Crippen LogP contribution in [0, 0.1) is 28.6 Å². The number of ketones is 1. The molecule has 5 aliphatic rings. The van der Waals surface area contributed by atoms with Gasteiger partial charge in [-0.1, -0.05) is 19.4 Å². The molecular weight excluding hydrogens is 412 g/mol. The smallest absolute Gasteiger partial charge is 0.186 e. The van der Waals surface area contributed by atoms with Crippen LogP contribution in [0.15, 0.2) is 11.6 Å². The summed E-state index contributed by atoms with van der Waals surface area (Å²) in [5, 5.41) is 40.2. The Balaban J connectivity index is 1.33. The third kappa shape index (κ3) is 3.35. The number of carbonyl (C=O) groups is 1. The van der Waals surface area contributed by atoms with Crippen LogP contribution in [0.5, 0.6) is 0 Å². The van der Waals surface area contributed by atoms with Gasteiger partial charge in [-0.05, 0) is 79.6 Å². The molecule has 0 aromatic rings. The highest BCUT2D eigenvalue weighted by molar-refractivity contribution is 5.91. The molecule has 3 saturated carbocycles. The van der Waals surface area contributed by atoms with Gasteiger partial charge in [0.25, 0.3) is 0 Å². The summed E-state index contributed by atoms with van der Waals surface area (Å²) in [5.74, 6) is 2.00. The first kappa shape index (κ1) is 22.9. The highest BCUT2D eigenvalue weighted by Crippen LogP contribution is 2.65. The number of hydrogen-bond acceptors (Lipinski definition) is 7. The van der Waals surface area contributed by atoms with Gasteiger partial charge >= 0.3 is 0 Å². The Bertz CT molecular complexity index is 780. The topological polar surface area (TPSA) is 116 Å². The molecule has 0 amide bonds. The minimum atomic E-state index is -1.41. The summed E-state index contributed by atoms with van der Waals surface area (Å²) < 4.78 is 12.0. The predicted molar refractivity (Wildman–Crippen MR) is 115 cm³/mol. The van der Waals surface area contributed by atoms with Crippen molar-refractivity contribution in [2.24, 2.45) is 28.6 Å². The second-order valence-corrected chi connectivity index (χ2v) is 11.4. The molecule has 1 unspecified atom stereocenters.